The van der Waals surface area contributed by atoms with Crippen LogP contribution in [0.4, 0.5) is 5.69 Å². The van der Waals surface area contributed by atoms with Crippen LogP contribution in [0, 0.1) is 6.92 Å². The third-order valence-electron chi connectivity index (χ3n) is 3.13. The first-order chi connectivity index (χ1) is 9.65. The van der Waals surface area contributed by atoms with E-state index in [0.29, 0.717) is 17.4 Å². The van der Waals surface area contributed by atoms with Gasteiger partial charge in [0.1, 0.15) is 0 Å². The monoisotopic (exact) mass is 329 g/mol. The summed E-state index contributed by atoms with van der Waals surface area (Å²) < 4.78 is 6.35. The second-order valence-electron chi connectivity index (χ2n) is 4.45. The van der Waals surface area contributed by atoms with E-state index >= 15 is 0 Å². The van der Waals surface area contributed by atoms with Gasteiger partial charge in [-0.25, -0.2) is 0 Å². The van der Waals surface area contributed by atoms with Gasteiger partial charge in [0.15, 0.2) is 0 Å². The Bertz CT molecular complexity index is 750. The Morgan fingerprint density at radius 3 is 2.60 bits per heavy atom. The Kier molecular flexibility index (Phi) is 3.28. The van der Waals surface area contributed by atoms with Gasteiger partial charge in [0.2, 0.25) is 5.82 Å². The number of hydrogen-bond donors (Lipinski definition) is 1. The zero-order valence-electron chi connectivity index (χ0n) is 10.8. The summed E-state index contributed by atoms with van der Waals surface area (Å²) >= 11 is 3.40. The first kappa shape index (κ1) is 12.9. The summed E-state index contributed by atoms with van der Waals surface area (Å²) in [5, 5.41) is 4.02. The summed E-state index contributed by atoms with van der Waals surface area (Å²) in [5.41, 5.74) is 9.32. The second kappa shape index (κ2) is 5.09. The molecule has 0 fully saturated rings. The smallest absolute Gasteiger partial charge is 0.258 e. The van der Waals surface area contributed by atoms with Crippen molar-refractivity contribution in [3.05, 3.63) is 52.5 Å². The van der Waals surface area contributed by atoms with Crippen LogP contribution in [0.2, 0.25) is 0 Å². The second-order valence-corrected chi connectivity index (χ2v) is 5.37. The molecule has 0 saturated heterocycles. The number of nitrogen functional groups attached to an aromatic ring is 1. The van der Waals surface area contributed by atoms with E-state index in [2.05, 4.69) is 26.1 Å². The average Bonchev–Trinajstić information content (AvgIpc) is 2.92. The number of anilines is 1. The molecule has 0 spiro atoms. The summed E-state index contributed by atoms with van der Waals surface area (Å²) in [6, 6.07) is 13.4. The molecule has 0 atom stereocenters. The fourth-order valence-electron chi connectivity index (χ4n) is 1.93. The lowest BCUT2D eigenvalue weighted by Gasteiger charge is -2.03. The highest BCUT2D eigenvalue weighted by Gasteiger charge is 2.13. The van der Waals surface area contributed by atoms with Crippen LogP contribution in [-0.4, -0.2) is 10.1 Å². The molecule has 0 aliphatic rings. The fourth-order valence-corrected chi connectivity index (χ4v) is 2.20. The number of benzene rings is 2. The highest BCUT2D eigenvalue weighted by molar-refractivity contribution is 9.10. The number of hydrogen-bond acceptors (Lipinski definition) is 4. The fraction of sp³-hybridized carbons (Fsp3) is 0.0667. The molecule has 0 unspecified atom stereocenters. The van der Waals surface area contributed by atoms with E-state index in [-0.39, 0.29) is 0 Å². The summed E-state index contributed by atoms with van der Waals surface area (Å²) in [5.74, 6) is 1.04. The van der Waals surface area contributed by atoms with Crippen LogP contribution in [-0.2, 0) is 0 Å². The minimum absolute atomic E-state index is 0.479. The van der Waals surface area contributed by atoms with Crippen molar-refractivity contribution in [2.24, 2.45) is 0 Å². The lowest BCUT2D eigenvalue weighted by atomic mass is 10.1. The Balaban J connectivity index is 2.02. The lowest BCUT2D eigenvalue weighted by Crippen LogP contribution is -1.92. The van der Waals surface area contributed by atoms with Crippen LogP contribution in [0.3, 0.4) is 0 Å². The molecule has 0 radical (unpaired) electrons. The van der Waals surface area contributed by atoms with Crippen LogP contribution >= 0.6 is 15.9 Å². The van der Waals surface area contributed by atoms with Crippen molar-refractivity contribution >= 4 is 21.6 Å². The number of aromatic nitrogens is 2. The molecule has 2 N–H and O–H groups in total. The number of nitrogens with two attached hydrogens (primary N) is 1. The molecular weight excluding hydrogens is 318 g/mol. The predicted molar refractivity (Wildman–Crippen MR) is 82.0 cm³/mol. The van der Waals surface area contributed by atoms with Gasteiger partial charge >= 0.3 is 0 Å². The molecule has 2 aromatic carbocycles. The molecule has 1 heterocycles. The van der Waals surface area contributed by atoms with E-state index in [4.69, 9.17) is 10.3 Å². The molecule has 5 heteroatoms. The number of halogens is 1. The van der Waals surface area contributed by atoms with E-state index in [9.17, 15) is 0 Å². The summed E-state index contributed by atoms with van der Waals surface area (Å²) in [4.78, 5) is 4.43. The van der Waals surface area contributed by atoms with Gasteiger partial charge in [-0.3, -0.25) is 0 Å². The Labute approximate surface area is 124 Å². The summed E-state index contributed by atoms with van der Waals surface area (Å²) in [6.07, 6.45) is 0. The van der Waals surface area contributed by atoms with Crippen molar-refractivity contribution in [1.29, 1.82) is 0 Å². The van der Waals surface area contributed by atoms with Crippen molar-refractivity contribution < 1.29 is 4.52 Å². The molecule has 0 amide bonds. The van der Waals surface area contributed by atoms with Crippen LogP contribution in [0.25, 0.3) is 22.8 Å². The molecule has 0 saturated carbocycles. The minimum atomic E-state index is 0.479. The van der Waals surface area contributed by atoms with E-state index in [1.807, 2.05) is 49.4 Å². The van der Waals surface area contributed by atoms with Crippen molar-refractivity contribution in [2.45, 2.75) is 6.92 Å². The van der Waals surface area contributed by atoms with Crippen LogP contribution < -0.4 is 5.73 Å². The first-order valence-electron chi connectivity index (χ1n) is 6.10. The molecule has 100 valence electrons. The maximum absolute atomic E-state index is 5.90. The van der Waals surface area contributed by atoms with E-state index < -0.39 is 0 Å². The van der Waals surface area contributed by atoms with Gasteiger partial charge in [-0.2, -0.15) is 4.98 Å². The van der Waals surface area contributed by atoms with Gasteiger partial charge in [-0.15, -0.1) is 0 Å². The van der Waals surface area contributed by atoms with Crippen molar-refractivity contribution in [2.75, 3.05) is 5.73 Å². The maximum Gasteiger partial charge on any atom is 0.258 e. The maximum atomic E-state index is 5.90. The van der Waals surface area contributed by atoms with E-state index in [1.165, 1.54) is 0 Å². The normalized spacial score (nSPS) is 10.7. The SMILES string of the molecule is Cc1c(N)cccc1-c1nc(-c2ccc(Br)cc2)no1. The molecule has 0 bridgehead atoms. The molecule has 4 nitrogen and oxygen atoms in total. The Morgan fingerprint density at radius 2 is 1.85 bits per heavy atom. The van der Waals surface area contributed by atoms with Crippen LogP contribution in [0.5, 0.6) is 0 Å². The minimum Gasteiger partial charge on any atom is -0.398 e. The van der Waals surface area contributed by atoms with Gasteiger partial charge in [0.25, 0.3) is 5.89 Å². The summed E-state index contributed by atoms with van der Waals surface area (Å²) in [7, 11) is 0. The van der Waals surface area contributed by atoms with Crippen molar-refractivity contribution in [3.63, 3.8) is 0 Å². The molecule has 3 aromatic rings. The predicted octanol–water partition coefficient (Wildman–Crippen LogP) is 4.06. The van der Waals surface area contributed by atoms with Gasteiger partial charge in [-0.05, 0) is 48.9 Å². The zero-order chi connectivity index (χ0) is 14.1. The first-order valence-corrected chi connectivity index (χ1v) is 6.89. The topological polar surface area (TPSA) is 64.9 Å². The third-order valence-corrected chi connectivity index (χ3v) is 3.66. The molecular formula is C15H12BrN3O. The molecule has 20 heavy (non-hydrogen) atoms. The average molecular weight is 330 g/mol. The lowest BCUT2D eigenvalue weighted by molar-refractivity contribution is 0.432. The van der Waals surface area contributed by atoms with Crippen LogP contribution in [0.15, 0.2) is 51.5 Å². The zero-order valence-corrected chi connectivity index (χ0v) is 12.4. The highest BCUT2D eigenvalue weighted by atomic mass is 79.9. The molecule has 0 aliphatic heterocycles. The van der Waals surface area contributed by atoms with Gasteiger partial charge in [-0.1, -0.05) is 27.2 Å². The standard InChI is InChI=1S/C15H12BrN3O/c1-9-12(3-2-4-13(9)17)15-18-14(19-20-15)10-5-7-11(16)8-6-10/h2-8H,17H2,1H3. The number of nitrogens with zero attached hydrogens (tertiary/aromatic N) is 2. The quantitative estimate of drug-likeness (QED) is 0.720. The van der Waals surface area contributed by atoms with Crippen LogP contribution in [0.1, 0.15) is 5.56 Å². The largest absolute Gasteiger partial charge is 0.398 e. The molecule has 3 rings (SSSR count). The Hall–Kier alpha value is -2.14. The molecule has 1 aromatic heterocycles. The van der Waals surface area contributed by atoms with Crippen molar-refractivity contribution in [3.8, 4) is 22.8 Å². The van der Waals surface area contributed by atoms with E-state index in [0.717, 1.165) is 21.2 Å². The van der Waals surface area contributed by atoms with Gasteiger partial charge in [0.05, 0.1) is 0 Å². The molecule has 0 aliphatic carbocycles. The summed E-state index contributed by atoms with van der Waals surface area (Å²) in [6.45, 7) is 1.94. The van der Waals surface area contributed by atoms with E-state index in [1.54, 1.807) is 0 Å². The van der Waals surface area contributed by atoms with Crippen molar-refractivity contribution in [1.82, 2.24) is 10.1 Å². The van der Waals surface area contributed by atoms with Gasteiger partial charge in [0, 0.05) is 21.3 Å². The number of rotatable bonds is 2. The Morgan fingerprint density at radius 1 is 1.10 bits per heavy atom. The third kappa shape index (κ3) is 2.32. The van der Waals surface area contributed by atoms with Gasteiger partial charge < -0.3 is 10.3 Å². The highest BCUT2D eigenvalue weighted by Crippen LogP contribution is 2.27.